The van der Waals surface area contributed by atoms with E-state index >= 15 is 0 Å². The van der Waals surface area contributed by atoms with E-state index in [9.17, 15) is 10.2 Å². The Hall–Kier alpha value is -1.95. The maximum atomic E-state index is 10.4. The molecule has 2 aromatic rings. The van der Waals surface area contributed by atoms with Gasteiger partial charge in [0.05, 0.1) is 23.9 Å². The Morgan fingerprint density at radius 2 is 1.81 bits per heavy atom. The predicted octanol–water partition coefficient (Wildman–Crippen LogP) is 4.09. The van der Waals surface area contributed by atoms with Gasteiger partial charge in [-0.15, -0.1) is 0 Å². The Kier molecular flexibility index (Phi) is 6.75. The summed E-state index contributed by atoms with van der Waals surface area (Å²) in [5.41, 5.74) is 2.05. The number of hydrogen-bond acceptors (Lipinski definition) is 5. The Balaban J connectivity index is 2.10. The van der Waals surface area contributed by atoms with Crippen LogP contribution in [0.15, 0.2) is 36.4 Å². The summed E-state index contributed by atoms with van der Waals surface area (Å²) < 4.78 is 5.14. The number of halogens is 1. The number of rotatable bonds is 7. The number of β-amino-alcohol motifs (C(OH)–C–C–N with tert-alkyl or cyclic N) is 1. The van der Waals surface area contributed by atoms with E-state index in [-0.39, 0.29) is 16.3 Å². The van der Waals surface area contributed by atoms with Crippen molar-refractivity contribution in [3.05, 3.63) is 52.5 Å². The molecule has 0 saturated carbocycles. The maximum Gasteiger partial charge on any atom is 0.157 e. The van der Waals surface area contributed by atoms with Gasteiger partial charge in [-0.1, -0.05) is 23.7 Å². The number of anilines is 1. The van der Waals surface area contributed by atoms with E-state index in [1.807, 2.05) is 45.0 Å². The van der Waals surface area contributed by atoms with Crippen molar-refractivity contribution in [3.8, 4) is 11.5 Å². The van der Waals surface area contributed by atoms with Crippen molar-refractivity contribution in [2.45, 2.75) is 39.0 Å². The van der Waals surface area contributed by atoms with E-state index in [0.717, 1.165) is 11.3 Å². The highest BCUT2D eigenvalue weighted by atomic mass is 35.5. The molecule has 0 radical (unpaired) electrons. The number of hydrogen-bond donors (Lipinski definition) is 4. The largest absolute Gasteiger partial charge is 0.504 e. The number of methoxy groups -OCH3 is 1. The highest BCUT2D eigenvalue weighted by molar-refractivity contribution is 6.32. The van der Waals surface area contributed by atoms with Crippen molar-refractivity contribution in [2.75, 3.05) is 19.0 Å². The number of nitrogens with one attached hydrogen (secondary N) is 2. The number of ether oxygens (including phenoxy) is 1. The third kappa shape index (κ3) is 5.80. The van der Waals surface area contributed by atoms with Gasteiger partial charge in [0.1, 0.15) is 5.75 Å². The van der Waals surface area contributed by atoms with Gasteiger partial charge in [0.15, 0.2) is 5.75 Å². The molecule has 2 rings (SSSR count). The summed E-state index contributed by atoms with van der Waals surface area (Å²) >= 11 is 6.14. The fourth-order valence-corrected chi connectivity index (χ4v) is 2.64. The minimum Gasteiger partial charge on any atom is -0.504 e. The van der Waals surface area contributed by atoms with Crippen LogP contribution in [0.5, 0.6) is 11.5 Å². The van der Waals surface area contributed by atoms with Crippen LogP contribution in [0.4, 0.5) is 5.69 Å². The fourth-order valence-electron chi connectivity index (χ4n) is 2.41. The lowest BCUT2D eigenvalue weighted by molar-refractivity contribution is 0.163. The topological polar surface area (TPSA) is 73.8 Å². The normalized spacial score (nSPS) is 12.7. The Labute approximate surface area is 160 Å². The molecule has 2 aromatic carbocycles. The molecule has 0 aliphatic rings. The molecule has 0 amide bonds. The summed E-state index contributed by atoms with van der Waals surface area (Å²) in [5.74, 6) is 0.760. The van der Waals surface area contributed by atoms with Crippen LogP contribution >= 0.6 is 11.6 Å². The zero-order chi connectivity index (χ0) is 19.3. The second-order valence-corrected chi connectivity index (χ2v) is 7.65. The summed E-state index contributed by atoms with van der Waals surface area (Å²) in [6, 6.07) is 10.9. The second-order valence-electron chi connectivity index (χ2n) is 7.25. The van der Waals surface area contributed by atoms with Crippen molar-refractivity contribution in [2.24, 2.45) is 0 Å². The van der Waals surface area contributed by atoms with Gasteiger partial charge in [-0.3, -0.25) is 0 Å². The fraction of sp³-hybridized carbons (Fsp3) is 0.400. The highest BCUT2D eigenvalue weighted by Gasteiger charge is 2.17. The van der Waals surface area contributed by atoms with Gasteiger partial charge in [-0.25, -0.2) is 0 Å². The van der Waals surface area contributed by atoms with Crippen molar-refractivity contribution in [1.29, 1.82) is 0 Å². The first kappa shape index (κ1) is 20.4. The molecule has 6 heteroatoms. The van der Waals surface area contributed by atoms with Crippen molar-refractivity contribution in [3.63, 3.8) is 0 Å². The van der Waals surface area contributed by atoms with Gasteiger partial charge in [-0.2, -0.15) is 0 Å². The highest BCUT2D eigenvalue weighted by Crippen LogP contribution is 2.35. The second kappa shape index (κ2) is 8.62. The standard InChI is InChI=1S/C20H27ClN2O3/c1-20(2,3)23-12-18(24)14-9-16(21)19(25)17(10-14)22-11-13-5-7-15(26-4)8-6-13/h5-10,18,22-25H,11-12H2,1-4H3. The third-order valence-corrected chi connectivity index (χ3v) is 4.23. The Bertz CT molecular complexity index is 727. The van der Waals surface area contributed by atoms with Crippen LogP contribution in [0, 0.1) is 0 Å². The number of phenols is 1. The molecule has 1 atom stereocenters. The first-order valence-corrected chi connectivity index (χ1v) is 8.89. The SMILES string of the molecule is COc1ccc(CNc2cc(C(O)CNC(C)(C)C)cc(Cl)c2O)cc1. The summed E-state index contributed by atoms with van der Waals surface area (Å²) in [6.45, 7) is 7.00. The quantitative estimate of drug-likeness (QED) is 0.546. The summed E-state index contributed by atoms with van der Waals surface area (Å²) in [7, 11) is 1.62. The van der Waals surface area contributed by atoms with Gasteiger partial charge < -0.3 is 25.6 Å². The molecule has 0 heterocycles. The van der Waals surface area contributed by atoms with Crippen LogP contribution < -0.4 is 15.4 Å². The molecular formula is C20H27ClN2O3. The first-order chi connectivity index (χ1) is 12.2. The number of aromatic hydroxyl groups is 1. The average Bonchev–Trinajstić information content (AvgIpc) is 2.60. The third-order valence-electron chi connectivity index (χ3n) is 3.94. The summed E-state index contributed by atoms with van der Waals surface area (Å²) in [4.78, 5) is 0. The molecular weight excluding hydrogens is 352 g/mol. The van der Waals surface area contributed by atoms with Gasteiger partial charge in [0.2, 0.25) is 0 Å². The van der Waals surface area contributed by atoms with Crippen molar-refractivity contribution >= 4 is 17.3 Å². The lowest BCUT2D eigenvalue weighted by Crippen LogP contribution is -2.38. The molecule has 26 heavy (non-hydrogen) atoms. The smallest absolute Gasteiger partial charge is 0.157 e. The molecule has 142 valence electrons. The number of benzene rings is 2. The molecule has 1 unspecified atom stereocenters. The average molecular weight is 379 g/mol. The van der Waals surface area contributed by atoms with Gasteiger partial charge in [0.25, 0.3) is 0 Å². The van der Waals surface area contributed by atoms with Crippen LogP contribution in [0.3, 0.4) is 0 Å². The monoisotopic (exact) mass is 378 g/mol. The summed E-state index contributed by atoms with van der Waals surface area (Å²) in [5, 5.41) is 27.3. The molecule has 0 spiro atoms. The molecule has 5 nitrogen and oxygen atoms in total. The lowest BCUT2D eigenvalue weighted by Gasteiger charge is -2.23. The first-order valence-electron chi connectivity index (χ1n) is 8.52. The van der Waals surface area contributed by atoms with E-state index in [1.54, 1.807) is 19.2 Å². The summed E-state index contributed by atoms with van der Waals surface area (Å²) in [6.07, 6.45) is -0.728. The van der Waals surface area contributed by atoms with E-state index in [2.05, 4.69) is 10.6 Å². The van der Waals surface area contributed by atoms with Gasteiger partial charge in [-0.05, 0) is 56.2 Å². The van der Waals surface area contributed by atoms with Gasteiger partial charge >= 0.3 is 0 Å². The molecule has 0 saturated heterocycles. The van der Waals surface area contributed by atoms with E-state index in [0.29, 0.717) is 24.3 Å². The van der Waals surface area contributed by atoms with E-state index in [4.69, 9.17) is 16.3 Å². The van der Waals surface area contributed by atoms with Crippen LogP contribution in [0.2, 0.25) is 5.02 Å². The molecule has 0 aromatic heterocycles. The number of aliphatic hydroxyl groups excluding tert-OH is 1. The number of phenolic OH excluding ortho intramolecular Hbond substituents is 1. The van der Waals surface area contributed by atoms with E-state index in [1.165, 1.54) is 0 Å². The zero-order valence-electron chi connectivity index (χ0n) is 15.6. The van der Waals surface area contributed by atoms with Crippen molar-refractivity contribution < 1.29 is 14.9 Å². The zero-order valence-corrected chi connectivity index (χ0v) is 16.4. The van der Waals surface area contributed by atoms with Gasteiger partial charge in [0, 0.05) is 18.6 Å². The Morgan fingerprint density at radius 3 is 2.38 bits per heavy atom. The van der Waals surface area contributed by atoms with Crippen LogP contribution in [-0.4, -0.2) is 29.4 Å². The molecule has 0 aliphatic heterocycles. The lowest BCUT2D eigenvalue weighted by atomic mass is 10.0. The molecule has 0 fully saturated rings. The maximum absolute atomic E-state index is 10.4. The predicted molar refractivity (Wildman–Crippen MR) is 106 cm³/mol. The van der Waals surface area contributed by atoms with Crippen molar-refractivity contribution in [1.82, 2.24) is 5.32 Å². The van der Waals surface area contributed by atoms with Crippen LogP contribution in [0.1, 0.15) is 38.0 Å². The molecule has 0 bridgehead atoms. The Morgan fingerprint density at radius 1 is 1.15 bits per heavy atom. The molecule has 4 N–H and O–H groups in total. The molecule has 0 aliphatic carbocycles. The minimum absolute atomic E-state index is 0.0279. The van der Waals surface area contributed by atoms with E-state index < -0.39 is 6.10 Å². The van der Waals surface area contributed by atoms with Crippen LogP contribution in [0.25, 0.3) is 0 Å². The van der Waals surface area contributed by atoms with Crippen LogP contribution in [-0.2, 0) is 6.54 Å². The minimum atomic E-state index is -0.728. The number of aliphatic hydroxyl groups is 1.